The smallest absolute Gasteiger partial charge is 0.0999 e. The zero-order valence-corrected chi connectivity index (χ0v) is 27.1. The van der Waals surface area contributed by atoms with Crippen LogP contribution in [0.15, 0.2) is 121 Å². The van der Waals surface area contributed by atoms with Gasteiger partial charge in [-0.25, -0.2) is 15.0 Å². The Balaban J connectivity index is 1.42. The lowest BCUT2D eigenvalue weighted by Gasteiger charge is -2.16. The highest BCUT2D eigenvalue weighted by molar-refractivity contribution is 6.22. The minimum atomic E-state index is 0.381. The third kappa shape index (κ3) is 5.27. The maximum absolute atomic E-state index is 10.6. The number of nitriles is 5. The summed E-state index contributed by atoms with van der Waals surface area (Å²) in [6.07, 6.45) is 0. The van der Waals surface area contributed by atoms with E-state index in [0.717, 1.165) is 38.6 Å². The van der Waals surface area contributed by atoms with Gasteiger partial charge in [-0.05, 0) is 65.7 Å². The van der Waals surface area contributed by atoms with Gasteiger partial charge in [-0.3, -0.25) is 0 Å². The number of nitrogens with zero attached hydrogens (tertiary/aromatic N) is 8. The van der Waals surface area contributed by atoms with E-state index in [1.165, 1.54) is 0 Å². The molecule has 2 aromatic heterocycles. The predicted molar refractivity (Wildman–Crippen MR) is 198 cm³/mol. The monoisotopic (exact) mass is 660 g/mol. The Morgan fingerprint density at radius 3 is 1.44 bits per heavy atom. The minimum Gasteiger partial charge on any atom is -0.247 e. The van der Waals surface area contributed by atoms with Gasteiger partial charge in [0.2, 0.25) is 0 Å². The van der Waals surface area contributed by atoms with Crippen molar-refractivity contribution < 1.29 is 0 Å². The molecule has 0 fully saturated rings. The topological polar surface area (TPSA) is 158 Å². The van der Waals surface area contributed by atoms with E-state index >= 15 is 0 Å². The summed E-state index contributed by atoms with van der Waals surface area (Å²) in [6, 6.07) is 47.4. The molecular weight excluding hydrogens is 641 g/mol. The van der Waals surface area contributed by atoms with E-state index in [9.17, 15) is 26.3 Å². The van der Waals surface area contributed by atoms with Gasteiger partial charge in [-0.15, -0.1) is 0 Å². The summed E-state index contributed by atoms with van der Waals surface area (Å²) >= 11 is 0. The van der Waals surface area contributed by atoms with Crippen molar-refractivity contribution >= 4 is 32.7 Å². The van der Waals surface area contributed by atoms with Crippen LogP contribution in [0.3, 0.4) is 0 Å². The Morgan fingerprint density at radius 2 is 0.865 bits per heavy atom. The van der Waals surface area contributed by atoms with E-state index < -0.39 is 0 Å². The molecule has 6 aromatic carbocycles. The number of hydrogen-bond acceptors (Lipinski definition) is 8. The van der Waals surface area contributed by atoms with Crippen molar-refractivity contribution in [3.05, 3.63) is 149 Å². The van der Waals surface area contributed by atoms with E-state index in [1.807, 2.05) is 72.8 Å². The number of rotatable bonds is 4. The number of fused-ring (bicyclic) bond motifs is 5. The Bertz CT molecular complexity index is 2950. The molecule has 0 aliphatic carbocycles. The van der Waals surface area contributed by atoms with Crippen molar-refractivity contribution in [2.24, 2.45) is 0 Å². The molecule has 0 saturated heterocycles. The van der Waals surface area contributed by atoms with Crippen LogP contribution in [0.5, 0.6) is 0 Å². The third-order valence-corrected chi connectivity index (χ3v) is 8.98. The first-order valence-electron chi connectivity index (χ1n) is 16.1. The fourth-order valence-electron chi connectivity index (χ4n) is 6.51. The largest absolute Gasteiger partial charge is 0.247 e. The molecule has 0 aliphatic heterocycles. The normalized spacial score (nSPS) is 10.6. The highest BCUT2D eigenvalue weighted by atomic mass is 14.8. The molecule has 236 valence electrons. The molecule has 0 radical (unpaired) electrons. The van der Waals surface area contributed by atoms with Gasteiger partial charge < -0.3 is 0 Å². The second-order valence-corrected chi connectivity index (χ2v) is 12.0. The van der Waals surface area contributed by atoms with E-state index in [-0.39, 0.29) is 0 Å². The summed E-state index contributed by atoms with van der Waals surface area (Å²) in [6.45, 7) is 0. The van der Waals surface area contributed by atoms with Crippen LogP contribution < -0.4 is 0 Å². The lowest BCUT2D eigenvalue weighted by molar-refractivity contribution is 1.29. The van der Waals surface area contributed by atoms with E-state index in [0.29, 0.717) is 66.8 Å². The lowest BCUT2D eigenvalue weighted by Crippen LogP contribution is -2.00. The molecule has 8 aromatic rings. The van der Waals surface area contributed by atoms with Crippen LogP contribution in [0.1, 0.15) is 27.8 Å². The number of aromatic nitrogens is 3. The van der Waals surface area contributed by atoms with Gasteiger partial charge in [0.25, 0.3) is 0 Å². The fourth-order valence-corrected chi connectivity index (χ4v) is 6.51. The van der Waals surface area contributed by atoms with Crippen molar-refractivity contribution in [2.45, 2.75) is 0 Å². The predicted octanol–water partition coefficient (Wildman–Crippen LogP) is 9.36. The number of pyridine rings is 1. The second kappa shape index (κ2) is 12.7. The number of para-hydroxylation sites is 1. The molecule has 0 N–H and O–H groups in total. The molecule has 0 spiro atoms. The molecule has 8 nitrogen and oxygen atoms in total. The van der Waals surface area contributed by atoms with Crippen LogP contribution in [-0.2, 0) is 0 Å². The molecule has 0 atom stereocenters. The highest BCUT2D eigenvalue weighted by Gasteiger charge is 2.22. The maximum Gasteiger partial charge on any atom is 0.0999 e. The lowest BCUT2D eigenvalue weighted by atomic mass is 9.93. The zero-order valence-electron chi connectivity index (χ0n) is 27.1. The van der Waals surface area contributed by atoms with Gasteiger partial charge in [0.05, 0.1) is 91.8 Å². The quantitative estimate of drug-likeness (QED) is 0.169. The van der Waals surface area contributed by atoms with E-state index in [1.54, 1.807) is 48.5 Å². The summed E-state index contributed by atoms with van der Waals surface area (Å²) in [7, 11) is 0. The SMILES string of the molecule is N#Cc1ccc(-c2nc3cc(C#N)c4c(-c5ccc(-c6cc(C#N)cc(C#N)c6)cc5)nc5ccccc5c4c3nc2-c2ccc(C#N)cc2)cc1. The molecule has 0 aliphatic rings. The van der Waals surface area contributed by atoms with Crippen LogP contribution >= 0.6 is 0 Å². The third-order valence-electron chi connectivity index (χ3n) is 8.98. The zero-order chi connectivity index (χ0) is 35.8. The standard InChI is InChI=1S/C44H20N8/c45-21-26-5-9-32(10-6-26)42-43(33-11-7-27(22-46)8-12-33)52-44-38(51-42)20-35(25-49)39-40(44)36-3-1-2-4-37(36)50-41(39)31-15-13-30(14-16-31)34-18-28(23-47)17-29(19-34)24-48/h1-20H. The maximum atomic E-state index is 10.6. The van der Waals surface area contributed by atoms with Crippen LogP contribution in [0.25, 0.3) is 77.6 Å². The molecule has 0 saturated carbocycles. The van der Waals surface area contributed by atoms with Crippen molar-refractivity contribution in [1.82, 2.24) is 15.0 Å². The highest BCUT2D eigenvalue weighted by Crippen LogP contribution is 2.41. The summed E-state index contributed by atoms with van der Waals surface area (Å²) < 4.78 is 0. The minimum absolute atomic E-state index is 0.381. The van der Waals surface area contributed by atoms with Crippen molar-refractivity contribution in [1.29, 1.82) is 26.3 Å². The molecule has 2 heterocycles. The Kier molecular flexibility index (Phi) is 7.57. The second-order valence-electron chi connectivity index (χ2n) is 12.0. The first-order valence-corrected chi connectivity index (χ1v) is 16.1. The molecule has 8 rings (SSSR count). The van der Waals surface area contributed by atoms with Gasteiger partial charge >= 0.3 is 0 Å². The van der Waals surface area contributed by atoms with Gasteiger partial charge in [0.15, 0.2) is 0 Å². The van der Waals surface area contributed by atoms with E-state index in [4.69, 9.17) is 15.0 Å². The first-order chi connectivity index (χ1) is 25.5. The molecule has 0 amide bonds. The van der Waals surface area contributed by atoms with Crippen LogP contribution in [0, 0.1) is 56.7 Å². The van der Waals surface area contributed by atoms with Crippen LogP contribution in [-0.4, -0.2) is 15.0 Å². The van der Waals surface area contributed by atoms with Crippen molar-refractivity contribution in [3.8, 4) is 75.2 Å². The summed E-state index contributed by atoms with van der Waals surface area (Å²) in [5.74, 6) is 0. The van der Waals surface area contributed by atoms with E-state index in [2.05, 4.69) is 30.3 Å². The molecular formula is C44H20N8. The van der Waals surface area contributed by atoms with Gasteiger partial charge in [-0.1, -0.05) is 66.7 Å². The Labute approximate surface area is 297 Å². The average Bonchev–Trinajstić information content (AvgIpc) is 3.22. The summed E-state index contributed by atoms with van der Waals surface area (Å²) in [4.78, 5) is 15.5. The molecule has 8 heteroatoms. The summed E-state index contributed by atoms with van der Waals surface area (Å²) in [5.41, 5.74) is 9.58. The average molecular weight is 661 g/mol. The molecule has 0 unspecified atom stereocenters. The fraction of sp³-hybridized carbons (Fsp3) is 0. The Morgan fingerprint density at radius 1 is 0.365 bits per heavy atom. The molecule has 0 bridgehead atoms. The van der Waals surface area contributed by atoms with Gasteiger partial charge in [0, 0.05) is 32.8 Å². The van der Waals surface area contributed by atoms with Crippen LogP contribution in [0.2, 0.25) is 0 Å². The first kappa shape index (κ1) is 31.1. The van der Waals surface area contributed by atoms with Crippen molar-refractivity contribution in [2.75, 3.05) is 0 Å². The van der Waals surface area contributed by atoms with Crippen molar-refractivity contribution in [3.63, 3.8) is 0 Å². The van der Waals surface area contributed by atoms with Gasteiger partial charge in [0.1, 0.15) is 0 Å². The summed E-state index contributed by atoms with van der Waals surface area (Å²) in [5, 5.41) is 50.7. The number of benzene rings is 6. The van der Waals surface area contributed by atoms with Gasteiger partial charge in [-0.2, -0.15) is 26.3 Å². The Hall–Kier alpha value is -8.22. The van der Waals surface area contributed by atoms with Crippen LogP contribution in [0.4, 0.5) is 0 Å². The molecule has 52 heavy (non-hydrogen) atoms. The number of hydrogen-bond donors (Lipinski definition) is 0.